The van der Waals surface area contributed by atoms with Crippen LogP contribution in [-0.4, -0.2) is 47.5 Å². The summed E-state index contributed by atoms with van der Waals surface area (Å²) in [6.45, 7) is -0.619. The van der Waals surface area contributed by atoms with Gasteiger partial charge in [-0.3, -0.25) is 4.79 Å². The largest absolute Gasteiger partial charge is 0.486 e. The van der Waals surface area contributed by atoms with E-state index in [4.69, 9.17) is 4.74 Å². The first-order chi connectivity index (χ1) is 11.8. The predicted molar refractivity (Wildman–Crippen MR) is 109 cm³/mol. The summed E-state index contributed by atoms with van der Waals surface area (Å²) in [6, 6.07) is 13.3. The van der Waals surface area contributed by atoms with E-state index < -0.39 is 12.8 Å². The van der Waals surface area contributed by atoms with Gasteiger partial charge < -0.3 is 10.1 Å². The molecule has 2 aromatic carbocycles. The molecule has 1 amide bonds. The van der Waals surface area contributed by atoms with Gasteiger partial charge in [-0.15, -0.1) is 0 Å². The Hall–Kier alpha value is -1.69. The van der Waals surface area contributed by atoms with E-state index in [1.807, 2.05) is 59.9 Å². The van der Waals surface area contributed by atoms with E-state index in [1.54, 1.807) is 6.07 Å². The maximum Gasteiger partial charge on any atom is 0.253 e. The maximum atomic E-state index is 13.7. The van der Waals surface area contributed by atoms with Crippen LogP contribution in [0.1, 0.15) is 27.4 Å². The van der Waals surface area contributed by atoms with Crippen LogP contribution in [0.15, 0.2) is 46.9 Å². The Morgan fingerprint density at radius 3 is 2.52 bits per heavy atom. The van der Waals surface area contributed by atoms with Gasteiger partial charge in [-0.25, -0.2) is 4.39 Å². The van der Waals surface area contributed by atoms with E-state index in [1.165, 1.54) is 0 Å². The van der Waals surface area contributed by atoms with Crippen molar-refractivity contribution in [2.75, 3.05) is 6.67 Å². The fraction of sp³-hybridized carbons (Fsp3) is 0.235. The van der Waals surface area contributed by atoms with Gasteiger partial charge in [-0.2, -0.15) is 0 Å². The Morgan fingerprint density at radius 1 is 1.24 bits per heavy atom. The number of amides is 1. The zero-order chi connectivity index (χ0) is 18.2. The summed E-state index contributed by atoms with van der Waals surface area (Å²) < 4.78 is 20.3. The highest BCUT2D eigenvalue weighted by Gasteiger charge is 2.38. The summed E-state index contributed by atoms with van der Waals surface area (Å²) in [6.07, 6.45) is -0.632. The molecule has 8 heteroatoms. The van der Waals surface area contributed by atoms with Crippen LogP contribution in [0, 0.1) is 0 Å². The molecule has 3 rings (SSSR count). The summed E-state index contributed by atoms with van der Waals surface area (Å²) >= 11 is 3.48. The van der Waals surface area contributed by atoms with Gasteiger partial charge in [-0.1, -0.05) is 46.3 Å². The van der Waals surface area contributed by atoms with E-state index in [0.29, 0.717) is 11.3 Å². The molecular weight excluding hydrogens is 382 g/mol. The number of benzene rings is 2. The van der Waals surface area contributed by atoms with Gasteiger partial charge in [0, 0.05) is 10.0 Å². The van der Waals surface area contributed by atoms with Crippen LogP contribution in [0.2, 0.25) is 0 Å². The number of hydrogen-bond acceptors (Lipinski definition) is 2. The van der Waals surface area contributed by atoms with Crippen LogP contribution < -0.4 is 10.1 Å². The second kappa shape index (κ2) is 6.91. The van der Waals surface area contributed by atoms with Crippen molar-refractivity contribution in [1.29, 1.82) is 0 Å². The Balaban J connectivity index is 2.09. The van der Waals surface area contributed by atoms with Crippen LogP contribution >= 0.6 is 15.9 Å². The lowest BCUT2D eigenvalue weighted by Crippen LogP contribution is -2.50. The molecule has 25 heavy (non-hydrogen) atoms. The minimum absolute atomic E-state index is 0.226. The molecule has 0 fully saturated rings. The molecule has 1 aliphatic rings. The molecule has 0 spiro atoms. The second-order valence-corrected chi connectivity index (χ2v) is 8.19. The van der Waals surface area contributed by atoms with Crippen molar-refractivity contribution >= 4 is 45.4 Å². The van der Waals surface area contributed by atoms with Crippen molar-refractivity contribution in [2.24, 2.45) is 0 Å². The van der Waals surface area contributed by atoms with Gasteiger partial charge >= 0.3 is 0 Å². The van der Waals surface area contributed by atoms with Crippen molar-refractivity contribution in [2.45, 2.75) is 17.3 Å². The molecule has 0 saturated carbocycles. The van der Waals surface area contributed by atoms with Crippen LogP contribution in [0.5, 0.6) is 5.75 Å². The van der Waals surface area contributed by atoms with Crippen LogP contribution in [-0.2, 0) is 0 Å². The summed E-state index contributed by atoms with van der Waals surface area (Å²) in [5.74, 6) is 0.0118. The van der Waals surface area contributed by atoms with E-state index in [-0.39, 0.29) is 17.1 Å². The number of alkyl halides is 1. The van der Waals surface area contributed by atoms with E-state index in [9.17, 15) is 9.18 Å². The summed E-state index contributed by atoms with van der Waals surface area (Å²) in [5.41, 5.74) is 2.24. The third-order valence-electron chi connectivity index (χ3n) is 4.10. The molecule has 0 bridgehead atoms. The number of ether oxygens (including phenoxy) is 1. The molecule has 0 aromatic heterocycles. The van der Waals surface area contributed by atoms with Crippen LogP contribution in [0.25, 0.3) is 0 Å². The average molecular weight is 400 g/mol. The first-order valence-electron chi connectivity index (χ1n) is 8.23. The highest BCUT2D eigenvalue weighted by molar-refractivity contribution is 9.10. The Kier molecular flexibility index (Phi) is 5.00. The lowest BCUT2D eigenvalue weighted by atomic mass is 9.49. The summed E-state index contributed by atoms with van der Waals surface area (Å²) in [7, 11) is 5.75. The van der Waals surface area contributed by atoms with Gasteiger partial charge in [0.1, 0.15) is 42.1 Å². The molecule has 3 nitrogen and oxygen atoms in total. The number of carbonyl (C=O) groups is 1. The van der Waals surface area contributed by atoms with Crippen molar-refractivity contribution in [3.05, 3.63) is 63.6 Å². The highest BCUT2D eigenvalue weighted by atomic mass is 79.9. The second-order valence-electron chi connectivity index (χ2n) is 7.27. The van der Waals surface area contributed by atoms with Crippen molar-refractivity contribution in [3.63, 3.8) is 0 Å². The molecule has 2 atom stereocenters. The van der Waals surface area contributed by atoms with Gasteiger partial charge in [0.05, 0.1) is 11.5 Å². The van der Waals surface area contributed by atoms with Crippen molar-refractivity contribution in [1.82, 2.24) is 5.32 Å². The Labute approximate surface area is 158 Å². The Bertz CT molecular complexity index is 798. The SMILES string of the molecule is BC(B)(B)NC(=O)c1cc(Br)cc2c1O[C@H](CF)[C@H]2c1ccccc1. The lowest BCUT2D eigenvalue weighted by Gasteiger charge is -2.21. The van der Waals surface area contributed by atoms with Gasteiger partial charge in [0.2, 0.25) is 0 Å². The van der Waals surface area contributed by atoms with E-state index >= 15 is 0 Å². The van der Waals surface area contributed by atoms with Crippen LogP contribution in [0.3, 0.4) is 0 Å². The molecule has 0 unspecified atom stereocenters. The topological polar surface area (TPSA) is 38.3 Å². The molecule has 1 N–H and O–H groups in total. The molecular formula is C17H18B3BrFNO2. The van der Waals surface area contributed by atoms with E-state index in [2.05, 4.69) is 21.2 Å². The number of hydrogen-bond donors (Lipinski definition) is 1. The van der Waals surface area contributed by atoms with Gasteiger partial charge in [0.15, 0.2) is 0 Å². The minimum Gasteiger partial charge on any atom is -0.486 e. The first-order valence-corrected chi connectivity index (χ1v) is 9.03. The fourth-order valence-electron chi connectivity index (χ4n) is 3.15. The Morgan fingerprint density at radius 2 is 1.92 bits per heavy atom. The van der Waals surface area contributed by atoms with Gasteiger partial charge in [-0.05, 0) is 22.9 Å². The molecule has 126 valence electrons. The average Bonchev–Trinajstić information content (AvgIpc) is 2.91. The maximum absolute atomic E-state index is 13.7. The molecule has 2 aromatic rings. The third-order valence-corrected chi connectivity index (χ3v) is 4.56. The minimum atomic E-state index is -0.632. The molecule has 0 radical (unpaired) electrons. The predicted octanol–water partition coefficient (Wildman–Crippen LogP) is 0.552. The number of fused-ring (bicyclic) bond motifs is 1. The smallest absolute Gasteiger partial charge is 0.253 e. The lowest BCUT2D eigenvalue weighted by molar-refractivity contribution is 0.0945. The van der Waals surface area contributed by atoms with Crippen molar-refractivity contribution in [3.8, 4) is 5.75 Å². The van der Waals surface area contributed by atoms with Crippen LogP contribution in [0.4, 0.5) is 4.39 Å². The van der Waals surface area contributed by atoms with E-state index in [0.717, 1.165) is 15.6 Å². The number of halogens is 2. The number of rotatable bonds is 4. The zero-order valence-corrected chi connectivity index (χ0v) is 16.1. The standard InChI is InChI=1S/C17H18B3BrFNO2/c18-17(19,20)23-16(24)12-7-10(21)6-11-14(9-4-2-1-3-5-9)13(8-22)25-15(11)12/h1-7,13-14H,8,18-20H2,(H,23,24)/t13-,14+/m1/s1. The summed E-state index contributed by atoms with van der Waals surface area (Å²) in [5, 5.41) is 2.57. The van der Waals surface area contributed by atoms with Gasteiger partial charge in [0.25, 0.3) is 5.91 Å². The molecule has 1 aliphatic heterocycles. The first kappa shape index (κ1) is 18.1. The number of carbonyl (C=O) groups excluding carboxylic acids is 1. The highest BCUT2D eigenvalue weighted by Crippen LogP contribution is 2.45. The summed E-state index contributed by atoms with van der Waals surface area (Å²) in [4.78, 5) is 12.7. The number of nitrogens with one attached hydrogen (secondary N) is 1. The molecule has 0 saturated heterocycles. The normalized spacial score (nSPS) is 19.1. The fourth-order valence-corrected chi connectivity index (χ4v) is 3.62. The van der Waals surface area contributed by atoms with Crippen molar-refractivity contribution < 1.29 is 13.9 Å². The molecule has 0 aliphatic carbocycles. The third kappa shape index (κ3) is 3.79. The molecule has 1 heterocycles. The monoisotopic (exact) mass is 399 g/mol. The quantitative estimate of drug-likeness (QED) is 0.763. The zero-order valence-electron chi connectivity index (χ0n) is 14.5.